The molecule has 0 aromatic heterocycles. The van der Waals surface area contributed by atoms with Crippen LogP contribution < -0.4 is 24.8 Å². The van der Waals surface area contributed by atoms with Gasteiger partial charge < -0.3 is 24.8 Å². The summed E-state index contributed by atoms with van der Waals surface area (Å²) in [4.78, 5) is 0. The summed E-state index contributed by atoms with van der Waals surface area (Å²) in [5.74, 6) is 2.48. The Hall–Kier alpha value is -0.617. The van der Waals surface area contributed by atoms with Crippen molar-refractivity contribution in [3.05, 3.63) is 81.4 Å². The van der Waals surface area contributed by atoms with E-state index in [1.54, 1.807) is 22.3 Å². The molecule has 3 atom stereocenters. The fourth-order valence-corrected chi connectivity index (χ4v) is 9.30. The number of hydrogen-bond acceptors (Lipinski definition) is 0. The summed E-state index contributed by atoms with van der Waals surface area (Å²) < 4.78 is 0. The second-order valence-corrected chi connectivity index (χ2v) is 17.2. The average molecular weight is 697 g/mol. The van der Waals surface area contributed by atoms with Gasteiger partial charge in [0.25, 0.3) is 0 Å². The van der Waals surface area contributed by atoms with E-state index in [1.165, 1.54) is 54.4 Å². The Kier molecular flexibility index (Phi) is 10.5. The van der Waals surface area contributed by atoms with E-state index in [9.17, 15) is 0 Å². The van der Waals surface area contributed by atoms with Crippen LogP contribution in [0.5, 0.6) is 0 Å². The molecule has 4 aliphatic rings. The second kappa shape index (κ2) is 12.2. The summed E-state index contributed by atoms with van der Waals surface area (Å²) in [5.41, 5.74) is 15.0. The van der Waals surface area contributed by atoms with E-state index in [0.29, 0.717) is 11.8 Å². The third-order valence-electron chi connectivity index (χ3n) is 11.5. The second-order valence-electron chi connectivity index (χ2n) is 17.2. The molecule has 0 saturated heterocycles. The fraction of sp³-hybridized carbons (Fsp3) is 0.600. The molecule has 0 N–H and O–H groups in total. The molecule has 6 rings (SSSR count). The van der Waals surface area contributed by atoms with Gasteiger partial charge >= 0.3 is 26.2 Å². The molecule has 3 heteroatoms. The monoisotopic (exact) mass is 694 g/mol. The van der Waals surface area contributed by atoms with Crippen LogP contribution in [0.2, 0.25) is 0 Å². The maximum Gasteiger partial charge on any atom is 2.00 e. The van der Waals surface area contributed by atoms with Gasteiger partial charge in [-0.15, -0.1) is 0 Å². The molecule has 1 fully saturated rings. The molecule has 0 aliphatic heterocycles. The third-order valence-corrected chi connectivity index (χ3v) is 11.5. The van der Waals surface area contributed by atoms with Gasteiger partial charge in [-0.25, -0.2) is 0 Å². The normalized spacial score (nSPS) is 24.8. The van der Waals surface area contributed by atoms with Crippen LogP contribution >= 0.6 is 0 Å². The van der Waals surface area contributed by atoms with Gasteiger partial charge in [-0.2, -0.15) is 0 Å². The van der Waals surface area contributed by atoms with Crippen LogP contribution in [0, 0.1) is 28.6 Å². The molecular weight excluding hydrogens is 643 g/mol. The van der Waals surface area contributed by atoms with Crippen molar-refractivity contribution in [3.8, 4) is 11.1 Å². The number of allylic oxidation sites excluding steroid dienone is 4. The van der Waals surface area contributed by atoms with Gasteiger partial charge in [-0.05, 0) is 92.2 Å². The number of hydrogen-bond donors (Lipinski definition) is 0. The van der Waals surface area contributed by atoms with Crippen LogP contribution in [0.4, 0.5) is 0 Å². The summed E-state index contributed by atoms with van der Waals surface area (Å²) in [6, 6.07) is 15.1. The first-order valence-electron chi connectivity index (χ1n) is 16.3. The Morgan fingerprint density at radius 2 is 1.19 bits per heavy atom. The molecule has 0 bridgehead atoms. The number of halogens is 2. The molecule has 2 aromatic carbocycles. The van der Waals surface area contributed by atoms with Crippen molar-refractivity contribution in [2.75, 3.05) is 0 Å². The number of benzene rings is 2. The summed E-state index contributed by atoms with van der Waals surface area (Å²) in [6.45, 7) is 26.7. The maximum absolute atomic E-state index is 2.74. The first-order chi connectivity index (χ1) is 18.6. The van der Waals surface area contributed by atoms with Crippen molar-refractivity contribution in [2.45, 2.75) is 125 Å². The quantitative estimate of drug-likeness (QED) is 0.388. The molecule has 0 nitrogen and oxygen atoms in total. The molecule has 0 spiro atoms. The van der Waals surface area contributed by atoms with Crippen molar-refractivity contribution in [3.63, 3.8) is 0 Å². The molecule has 1 saturated carbocycles. The summed E-state index contributed by atoms with van der Waals surface area (Å²) in [6.07, 6.45) is 9.52. The standard InChI is InChI=1S/C40H54.2ClH.Zr/c1-24(2)40(34-15-13-12-14-30(34)31-22-27(23-35(31)40)39(9,10)11)36-32-20-25(37(3,4)5)16-18-28(32)29-19-17-26(21-33(29)36)38(6,7)8;;;/h16-21,23-24,30,34,36H,12-15,22H2,1-11H3;2*1H;/q;;;+2/p-2. The van der Waals surface area contributed by atoms with E-state index >= 15 is 0 Å². The van der Waals surface area contributed by atoms with Gasteiger partial charge in [0.2, 0.25) is 0 Å². The van der Waals surface area contributed by atoms with Crippen LogP contribution in [0.1, 0.15) is 136 Å². The van der Waals surface area contributed by atoms with Crippen molar-refractivity contribution < 1.29 is 51.0 Å². The topological polar surface area (TPSA) is 0 Å². The molecule has 232 valence electrons. The summed E-state index contributed by atoms with van der Waals surface area (Å²) >= 11 is 0. The molecule has 4 aliphatic carbocycles. The molecule has 0 radical (unpaired) electrons. The van der Waals surface area contributed by atoms with Gasteiger partial charge in [-0.1, -0.05) is 143 Å². The minimum atomic E-state index is 0. The average Bonchev–Trinajstić information content (AvgIpc) is 3.51. The van der Waals surface area contributed by atoms with E-state index in [-0.39, 0.29) is 72.7 Å². The van der Waals surface area contributed by atoms with E-state index in [2.05, 4.69) is 119 Å². The molecule has 0 amide bonds. The summed E-state index contributed by atoms with van der Waals surface area (Å²) in [7, 11) is 0. The smallest absolute Gasteiger partial charge is 1.00 e. The molecular formula is C40H54Cl2Zr. The van der Waals surface area contributed by atoms with E-state index in [1.807, 2.05) is 5.57 Å². The summed E-state index contributed by atoms with van der Waals surface area (Å²) in [5, 5.41) is 0. The zero-order chi connectivity index (χ0) is 29.0. The van der Waals surface area contributed by atoms with Gasteiger partial charge in [0.05, 0.1) is 0 Å². The molecule has 0 heterocycles. The van der Waals surface area contributed by atoms with Crippen LogP contribution in [0.15, 0.2) is 59.2 Å². The van der Waals surface area contributed by atoms with Gasteiger partial charge in [0.1, 0.15) is 0 Å². The van der Waals surface area contributed by atoms with Gasteiger partial charge in [0, 0.05) is 11.3 Å². The van der Waals surface area contributed by atoms with Crippen LogP contribution in [-0.4, -0.2) is 0 Å². The zero-order valence-electron chi connectivity index (χ0n) is 28.6. The minimum absolute atomic E-state index is 0. The molecule has 2 aromatic rings. The first-order valence-corrected chi connectivity index (χ1v) is 16.3. The predicted molar refractivity (Wildman–Crippen MR) is 173 cm³/mol. The largest absolute Gasteiger partial charge is 2.00 e. The Morgan fingerprint density at radius 1 is 0.698 bits per heavy atom. The van der Waals surface area contributed by atoms with Crippen molar-refractivity contribution in [2.24, 2.45) is 28.6 Å². The van der Waals surface area contributed by atoms with Crippen LogP contribution in [0.3, 0.4) is 0 Å². The maximum atomic E-state index is 2.74. The van der Waals surface area contributed by atoms with E-state index < -0.39 is 0 Å². The van der Waals surface area contributed by atoms with E-state index in [0.717, 1.165) is 11.8 Å². The van der Waals surface area contributed by atoms with Crippen molar-refractivity contribution in [1.82, 2.24) is 0 Å². The van der Waals surface area contributed by atoms with Crippen LogP contribution in [-0.2, 0) is 37.0 Å². The minimum Gasteiger partial charge on any atom is -1.00 e. The Balaban J connectivity index is 0.00000169. The molecule has 43 heavy (non-hydrogen) atoms. The Bertz CT molecular complexity index is 1360. The molecule has 3 unspecified atom stereocenters. The van der Waals surface area contributed by atoms with Crippen molar-refractivity contribution in [1.29, 1.82) is 0 Å². The Labute approximate surface area is 295 Å². The van der Waals surface area contributed by atoms with Gasteiger partial charge in [0.15, 0.2) is 0 Å². The third kappa shape index (κ3) is 5.67. The van der Waals surface area contributed by atoms with Crippen molar-refractivity contribution >= 4 is 0 Å². The predicted octanol–water partition coefficient (Wildman–Crippen LogP) is 5.53. The Morgan fingerprint density at radius 3 is 1.63 bits per heavy atom. The number of fused-ring (bicyclic) bond motifs is 5. The fourth-order valence-electron chi connectivity index (χ4n) is 9.30. The first kappa shape index (κ1) is 36.8. The zero-order valence-corrected chi connectivity index (χ0v) is 32.6. The van der Waals surface area contributed by atoms with Crippen LogP contribution in [0.25, 0.3) is 11.1 Å². The van der Waals surface area contributed by atoms with Gasteiger partial charge in [-0.3, -0.25) is 0 Å². The SMILES string of the molecule is CC(C)C1(C2c3cc(C(C)(C)C)ccc3-c3ccc(C(C)(C)C)cc32)C2=C(CC(C(C)(C)C)=C2)C2CCCCC21.[Cl-].[Cl-].[Zr+2]. The van der Waals surface area contributed by atoms with E-state index in [4.69, 9.17) is 0 Å². The number of rotatable bonds is 2.